The summed E-state index contributed by atoms with van der Waals surface area (Å²) in [4.78, 5) is 14.8. The molecular formula is C34H44FN3O4S. The summed E-state index contributed by atoms with van der Waals surface area (Å²) in [7, 11) is 0.446. The summed E-state index contributed by atoms with van der Waals surface area (Å²) in [5.41, 5.74) is 2.91. The smallest absolute Gasteiger partial charge is 0.245 e. The number of sulfonamides is 1. The third-order valence-electron chi connectivity index (χ3n) is 8.25. The van der Waals surface area contributed by atoms with Crippen LogP contribution in [0, 0.1) is 17.7 Å². The topological polar surface area (TPSA) is 87.7 Å². The van der Waals surface area contributed by atoms with Crippen molar-refractivity contribution < 1.29 is 22.3 Å². The van der Waals surface area contributed by atoms with Crippen LogP contribution in [0.15, 0.2) is 83.8 Å². The van der Waals surface area contributed by atoms with E-state index in [-0.39, 0.29) is 42.4 Å². The molecular weight excluding hydrogens is 565 g/mol. The summed E-state index contributed by atoms with van der Waals surface area (Å²) in [6.07, 6.45) is 5.87. The first-order valence-corrected chi connectivity index (χ1v) is 16.6. The van der Waals surface area contributed by atoms with Gasteiger partial charge in [-0.15, -0.1) is 0 Å². The Morgan fingerprint density at radius 2 is 1.60 bits per heavy atom. The zero-order chi connectivity index (χ0) is 30.7. The lowest BCUT2D eigenvalue weighted by atomic mass is 9.75. The molecule has 1 saturated carbocycles. The molecule has 3 aromatic carbocycles. The molecule has 0 aromatic heterocycles. The predicted molar refractivity (Wildman–Crippen MR) is 168 cm³/mol. The Kier molecular flexibility index (Phi) is 12.3. The van der Waals surface area contributed by atoms with Crippen molar-refractivity contribution in [1.29, 1.82) is 0 Å². The van der Waals surface area contributed by atoms with Crippen LogP contribution >= 0.6 is 0 Å². The van der Waals surface area contributed by atoms with Crippen molar-refractivity contribution >= 4 is 15.9 Å². The zero-order valence-electron chi connectivity index (χ0n) is 25.2. The van der Waals surface area contributed by atoms with E-state index >= 15 is 0 Å². The Hall–Kier alpha value is -3.11. The van der Waals surface area contributed by atoms with Gasteiger partial charge in [0.1, 0.15) is 12.4 Å². The molecule has 0 aliphatic heterocycles. The van der Waals surface area contributed by atoms with Gasteiger partial charge in [0.05, 0.1) is 11.5 Å². The van der Waals surface area contributed by atoms with Crippen molar-refractivity contribution in [2.45, 2.75) is 49.5 Å². The fraction of sp³-hybridized carbons (Fsp3) is 0.441. The molecule has 0 spiro atoms. The average molecular weight is 610 g/mol. The number of carbonyl (C=O) groups excluding carboxylic acids is 1. The van der Waals surface area contributed by atoms with E-state index in [1.54, 1.807) is 12.1 Å². The van der Waals surface area contributed by atoms with E-state index in [0.717, 1.165) is 48.8 Å². The van der Waals surface area contributed by atoms with Crippen LogP contribution in [0.4, 0.5) is 4.39 Å². The van der Waals surface area contributed by atoms with Crippen LogP contribution in [0.2, 0.25) is 0 Å². The number of nitrogens with one attached hydrogen (secondary N) is 2. The summed E-state index contributed by atoms with van der Waals surface area (Å²) in [6.45, 7) is 0.654. The lowest BCUT2D eigenvalue weighted by Crippen LogP contribution is -2.33. The maximum atomic E-state index is 13.4. The molecule has 1 aliphatic rings. The minimum atomic E-state index is -3.72. The van der Waals surface area contributed by atoms with Crippen molar-refractivity contribution in [3.05, 3.63) is 101 Å². The van der Waals surface area contributed by atoms with E-state index in [0.29, 0.717) is 24.8 Å². The van der Waals surface area contributed by atoms with Gasteiger partial charge in [-0.2, -0.15) is 0 Å². The molecule has 1 amide bonds. The Morgan fingerprint density at radius 1 is 0.930 bits per heavy atom. The molecule has 1 fully saturated rings. The molecule has 43 heavy (non-hydrogen) atoms. The van der Waals surface area contributed by atoms with Gasteiger partial charge in [-0.3, -0.25) is 4.79 Å². The second-order valence-corrected chi connectivity index (χ2v) is 13.3. The Labute approximate surface area is 255 Å². The number of hydrogen-bond acceptors (Lipinski definition) is 5. The maximum Gasteiger partial charge on any atom is 0.245 e. The van der Waals surface area contributed by atoms with E-state index in [4.69, 9.17) is 4.74 Å². The van der Waals surface area contributed by atoms with E-state index in [9.17, 15) is 17.6 Å². The molecule has 2 N–H and O–H groups in total. The molecule has 0 radical (unpaired) electrons. The number of rotatable bonds is 15. The van der Waals surface area contributed by atoms with E-state index in [1.165, 1.54) is 12.1 Å². The summed E-state index contributed by atoms with van der Waals surface area (Å²) in [5.74, 6) is 0.675. The average Bonchev–Trinajstić information content (AvgIpc) is 2.99. The molecule has 0 heterocycles. The van der Waals surface area contributed by atoms with Crippen LogP contribution in [-0.4, -0.2) is 59.6 Å². The van der Waals surface area contributed by atoms with Crippen molar-refractivity contribution in [3.8, 4) is 0 Å². The standard InChI is InChI=1S/C34H44FN3O4S/c1-38(2)34(29-16-18-31(35)19-17-29)28-14-12-26(13-15-28)20-21-36-33(39)25-42-23-22-37-43(40,41)32-11-7-6-10-30(32)24-27-8-4-3-5-9-27/h3-11,16-19,26,28,34,37H,12-15,20-25H2,1-2H3,(H,36,39). The second-order valence-electron chi connectivity index (χ2n) is 11.6. The SMILES string of the molecule is CN(C)C(c1ccc(F)cc1)C1CCC(CCNC(=O)COCCNS(=O)(=O)c2ccccc2Cc2ccccc2)CC1. The van der Waals surface area contributed by atoms with Crippen LogP contribution in [0.1, 0.15) is 54.8 Å². The number of carbonyl (C=O) groups is 1. The van der Waals surface area contributed by atoms with Gasteiger partial charge in [-0.25, -0.2) is 17.5 Å². The quantitative estimate of drug-likeness (QED) is 0.228. The molecule has 1 atom stereocenters. The highest BCUT2D eigenvalue weighted by Gasteiger charge is 2.30. The lowest BCUT2D eigenvalue weighted by molar-refractivity contribution is -0.125. The van der Waals surface area contributed by atoms with Gasteiger partial charge in [-0.05, 0) is 86.5 Å². The molecule has 0 bridgehead atoms. The van der Waals surface area contributed by atoms with Crippen LogP contribution < -0.4 is 10.0 Å². The highest BCUT2D eigenvalue weighted by Crippen LogP contribution is 2.40. The fourth-order valence-electron chi connectivity index (χ4n) is 6.13. The summed E-state index contributed by atoms with van der Waals surface area (Å²) in [5, 5.41) is 2.93. The van der Waals surface area contributed by atoms with Gasteiger partial charge >= 0.3 is 0 Å². The zero-order valence-corrected chi connectivity index (χ0v) is 26.0. The highest BCUT2D eigenvalue weighted by molar-refractivity contribution is 7.89. The highest BCUT2D eigenvalue weighted by atomic mass is 32.2. The summed E-state index contributed by atoms with van der Waals surface area (Å²) >= 11 is 0. The number of benzene rings is 3. The summed E-state index contributed by atoms with van der Waals surface area (Å²) in [6, 6.07) is 23.8. The molecule has 3 aromatic rings. The first kappa shape index (κ1) is 32.8. The van der Waals surface area contributed by atoms with Crippen LogP contribution in [-0.2, 0) is 26.0 Å². The van der Waals surface area contributed by atoms with E-state index < -0.39 is 10.0 Å². The predicted octanol–water partition coefficient (Wildman–Crippen LogP) is 5.33. The normalized spacial score (nSPS) is 18.0. The van der Waals surface area contributed by atoms with Gasteiger partial charge in [0.25, 0.3) is 0 Å². The van der Waals surface area contributed by atoms with Crippen molar-refractivity contribution in [1.82, 2.24) is 14.9 Å². The third-order valence-corrected chi connectivity index (χ3v) is 9.81. The first-order valence-electron chi connectivity index (χ1n) is 15.1. The van der Waals surface area contributed by atoms with Crippen LogP contribution in [0.3, 0.4) is 0 Å². The number of nitrogens with zero attached hydrogens (tertiary/aromatic N) is 1. The fourth-order valence-corrected chi connectivity index (χ4v) is 7.38. The number of halogens is 1. The minimum Gasteiger partial charge on any atom is -0.370 e. The van der Waals surface area contributed by atoms with Gasteiger partial charge in [-0.1, -0.05) is 73.5 Å². The van der Waals surface area contributed by atoms with Crippen LogP contribution in [0.5, 0.6) is 0 Å². The number of amides is 1. The summed E-state index contributed by atoms with van der Waals surface area (Å²) < 4.78 is 47.3. The van der Waals surface area contributed by atoms with E-state index in [1.807, 2.05) is 54.6 Å². The maximum absolute atomic E-state index is 13.4. The molecule has 7 nitrogen and oxygen atoms in total. The van der Waals surface area contributed by atoms with Crippen molar-refractivity contribution in [2.24, 2.45) is 11.8 Å². The largest absolute Gasteiger partial charge is 0.370 e. The van der Waals surface area contributed by atoms with Gasteiger partial charge in [0.15, 0.2) is 0 Å². The van der Waals surface area contributed by atoms with Crippen molar-refractivity contribution in [3.63, 3.8) is 0 Å². The molecule has 1 aliphatic carbocycles. The third kappa shape index (κ3) is 9.96. The molecule has 232 valence electrons. The number of ether oxygens (including phenoxy) is 1. The Balaban J connectivity index is 1.11. The van der Waals surface area contributed by atoms with Gasteiger partial charge < -0.3 is 15.0 Å². The van der Waals surface area contributed by atoms with Crippen LogP contribution in [0.25, 0.3) is 0 Å². The molecule has 1 unspecified atom stereocenters. The van der Waals surface area contributed by atoms with Gasteiger partial charge in [0, 0.05) is 19.1 Å². The monoisotopic (exact) mass is 609 g/mol. The number of hydrogen-bond donors (Lipinski definition) is 2. The van der Waals surface area contributed by atoms with Gasteiger partial charge in [0.2, 0.25) is 15.9 Å². The first-order chi connectivity index (χ1) is 20.7. The van der Waals surface area contributed by atoms with E-state index in [2.05, 4.69) is 29.0 Å². The Bertz CT molecular complexity index is 1390. The molecule has 4 rings (SSSR count). The van der Waals surface area contributed by atoms with Crippen molar-refractivity contribution in [2.75, 3.05) is 40.4 Å². The lowest BCUT2D eigenvalue weighted by Gasteiger charge is -2.37. The molecule has 0 saturated heterocycles. The minimum absolute atomic E-state index is 0.0738. The second kappa shape index (κ2) is 16.1. The Morgan fingerprint density at radius 3 is 2.30 bits per heavy atom. The molecule has 9 heteroatoms.